The third-order valence-corrected chi connectivity index (χ3v) is 5.17. The number of rotatable bonds is 8. The monoisotopic (exact) mass is 543 g/mol. The first-order valence-corrected chi connectivity index (χ1v) is 12.0. The van der Waals surface area contributed by atoms with E-state index in [4.69, 9.17) is 14.2 Å². The average Bonchev–Trinajstić information content (AvgIpc) is 2.78. The number of hydrogen-bond donors (Lipinski definition) is 2. The summed E-state index contributed by atoms with van der Waals surface area (Å²) in [6.45, 7) is 8.02. The van der Waals surface area contributed by atoms with Crippen LogP contribution in [0, 0.1) is 0 Å². The predicted octanol–water partition coefficient (Wildman–Crippen LogP) is 5.16. The molecule has 35 heavy (non-hydrogen) atoms. The van der Waals surface area contributed by atoms with Crippen molar-refractivity contribution < 1.29 is 23.8 Å². The molecule has 8 nitrogen and oxygen atoms in total. The number of esters is 1. The molecule has 0 fully saturated rings. The van der Waals surface area contributed by atoms with Gasteiger partial charge in [0.05, 0.1) is 13.2 Å². The maximum atomic E-state index is 12.6. The van der Waals surface area contributed by atoms with Crippen LogP contribution in [-0.4, -0.2) is 29.2 Å². The molecule has 186 valence electrons. The van der Waals surface area contributed by atoms with Crippen LogP contribution >= 0.6 is 15.9 Å². The van der Waals surface area contributed by atoms with Crippen molar-refractivity contribution in [3.63, 3.8) is 0 Å². The third-order valence-electron chi connectivity index (χ3n) is 4.68. The third kappa shape index (κ3) is 8.06. The van der Waals surface area contributed by atoms with Crippen LogP contribution in [0.4, 0.5) is 4.79 Å². The van der Waals surface area contributed by atoms with Crippen molar-refractivity contribution in [2.45, 2.75) is 46.4 Å². The molecule has 1 amide bonds. The molecule has 0 aliphatic carbocycles. The maximum Gasteiger partial charge on any atom is 0.413 e. The number of ether oxygens (including phenoxy) is 3. The van der Waals surface area contributed by atoms with Gasteiger partial charge in [-0.15, -0.1) is 0 Å². The Hall–Kier alpha value is -3.46. The van der Waals surface area contributed by atoms with Crippen molar-refractivity contribution in [1.29, 1.82) is 0 Å². The summed E-state index contributed by atoms with van der Waals surface area (Å²) in [6.07, 6.45) is 2.50. The molecule has 2 aromatic carbocycles. The average molecular weight is 544 g/mol. The fourth-order valence-corrected chi connectivity index (χ4v) is 3.63. The van der Waals surface area contributed by atoms with Crippen molar-refractivity contribution in [1.82, 2.24) is 15.5 Å². The van der Waals surface area contributed by atoms with Crippen molar-refractivity contribution in [3.05, 3.63) is 88.0 Å². The SMILES string of the molecule is CCOC(=O)C1=CNC(NC(=O)OC(C)(C)C)=CN1Cc1cc(Br)ccc1OCc1ccccc1. The zero-order chi connectivity index (χ0) is 25.4. The lowest BCUT2D eigenvalue weighted by Crippen LogP contribution is -2.39. The van der Waals surface area contributed by atoms with Crippen LogP contribution in [0.15, 0.2) is 76.9 Å². The Labute approximate surface area is 214 Å². The molecule has 2 aromatic rings. The van der Waals surface area contributed by atoms with Crippen molar-refractivity contribution in [3.8, 4) is 5.75 Å². The first kappa shape index (κ1) is 26.2. The number of alkyl carbamates (subject to hydrolysis) is 1. The lowest BCUT2D eigenvalue weighted by Gasteiger charge is -2.29. The summed E-state index contributed by atoms with van der Waals surface area (Å²) >= 11 is 3.52. The quantitative estimate of drug-likeness (QED) is 0.444. The highest BCUT2D eigenvalue weighted by atomic mass is 79.9. The van der Waals surface area contributed by atoms with Gasteiger partial charge in [0.1, 0.15) is 29.5 Å². The highest BCUT2D eigenvalue weighted by molar-refractivity contribution is 9.10. The number of halogens is 1. The van der Waals surface area contributed by atoms with E-state index >= 15 is 0 Å². The van der Waals surface area contributed by atoms with Gasteiger partial charge >= 0.3 is 12.1 Å². The summed E-state index contributed by atoms with van der Waals surface area (Å²) in [5.74, 6) is 0.539. The second-order valence-electron chi connectivity index (χ2n) is 8.72. The minimum absolute atomic E-state index is 0.235. The van der Waals surface area contributed by atoms with Crippen molar-refractivity contribution >= 4 is 28.0 Å². The van der Waals surface area contributed by atoms with Crippen LogP contribution in [0.1, 0.15) is 38.8 Å². The van der Waals surface area contributed by atoms with Crippen molar-refractivity contribution in [2.24, 2.45) is 0 Å². The Morgan fingerprint density at radius 3 is 2.54 bits per heavy atom. The fraction of sp³-hybridized carbons (Fsp3) is 0.308. The molecule has 0 aromatic heterocycles. The van der Waals surface area contributed by atoms with Gasteiger partial charge in [-0.25, -0.2) is 9.59 Å². The molecule has 0 saturated heterocycles. The first-order chi connectivity index (χ1) is 16.6. The topological polar surface area (TPSA) is 89.1 Å². The Bertz CT molecular complexity index is 1110. The second-order valence-corrected chi connectivity index (χ2v) is 9.63. The van der Waals surface area contributed by atoms with Gasteiger partial charge in [0.25, 0.3) is 0 Å². The molecule has 9 heteroatoms. The molecule has 1 aliphatic heterocycles. The molecule has 0 radical (unpaired) electrons. The molecule has 2 N–H and O–H groups in total. The van der Waals surface area contributed by atoms with E-state index in [1.807, 2.05) is 48.5 Å². The second kappa shape index (κ2) is 11.8. The zero-order valence-electron chi connectivity index (χ0n) is 20.3. The van der Waals surface area contributed by atoms with Crippen LogP contribution in [0.25, 0.3) is 0 Å². The van der Waals surface area contributed by atoms with E-state index < -0.39 is 17.7 Å². The molecule has 1 heterocycles. The summed E-state index contributed by atoms with van der Waals surface area (Å²) < 4.78 is 17.5. The lowest BCUT2D eigenvalue weighted by molar-refractivity contribution is -0.140. The largest absolute Gasteiger partial charge is 0.489 e. The van der Waals surface area contributed by atoms with Crippen LogP contribution in [-0.2, 0) is 27.4 Å². The highest BCUT2D eigenvalue weighted by Gasteiger charge is 2.25. The minimum Gasteiger partial charge on any atom is -0.489 e. The first-order valence-electron chi connectivity index (χ1n) is 11.2. The smallest absolute Gasteiger partial charge is 0.413 e. The number of nitrogens with one attached hydrogen (secondary N) is 2. The van der Waals surface area contributed by atoms with E-state index in [9.17, 15) is 9.59 Å². The maximum absolute atomic E-state index is 12.6. The van der Waals surface area contributed by atoms with Crippen molar-refractivity contribution in [2.75, 3.05) is 6.61 Å². The Balaban J connectivity index is 1.84. The number of carbonyl (C=O) groups is 2. The number of amides is 1. The van der Waals surface area contributed by atoms with E-state index in [2.05, 4.69) is 26.6 Å². The van der Waals surface area contributed by atoms with E-state index in [1.54, 1.807) is 38.8 Å². The molecule has 0 spiro atoms. The Kier molecular flexibility index (Phi) is 8.81. The van der Waals surface area contributed by atoms with Gasteiger partial charge in [-0.05, 0) is 51.5 Å². The summed E-state index contributed by atoms with van der Waals surface area (Å²) in [4.78, 5) is 26.6. The van der Waals surface area contributed by atoms with Gasteiger partial charge in [-0.2, -0.15) is 0 Å². The number of nitrogens with zero attached hydrogens (tertiary/aromatic N) is 1. The lowest BCUT2D eigenvalue weighted by atomic mass is 10.1. The number of hydrogen-bond acceptors (Lipinski definition) is 7. The predicted molar refractivity (Wildman–Crippen MR) is 136 cm³/mol. The Morgan fingerprint density at radius 1 is 1.11 bits per heavy atom. The molecule has 0 unspecified atom stereocenters. The standard InChI is InChI=1S/C26H30BrN3O5/c1-5-33-24(31)21-14-28-23(29-25(32)35-26(2,3)4)16-30(21)15-19-13-20(27)11-12-22(19)34-17-18-9-7-6-8-10-18/h6-14,16,28H,5,15,17H2,1-4H3,(H,29,32). The molecule has 1 aliphatic rings. The summed E-state index contributed by atoms with van der Waals surface area (Å²) in [5.41, 5.74) is 1.52. The van der Waals surface area contributed by atoms with Gasteiger partial charge < -0.3 is 24.4 Å². The fourth-order valence-electron chi connectivity index (χ4n) is 3.22. The summed E-state index contributed by atoms with van der Waals surface area (Å²) in [6, 6.07) is 15.6. The number of benzene rings is 2. The normalized spacial score (nSPS) is 13.2. The van der Waals surface area contributed by atoms with Crippen LogP contribution in [0.3, 0.4) is 0 Å². The van der Waals surface area contributed by atoms with Gasteiger partial charge in [-0.1, -0.05) is 46.3 Å². The number of carbonyl (C=O) groups excluding carboxylic acids is 2. The van der Waals surface area contributed by atoms with Crippen LogP contribution in [0.5, 0.6) is 5.75 Å². The van der Waals surface area contributed by atoms with E-state index in [0.717, 1.165) is 15.6 Å². The van der Waals surface area contributed by atoms with Gasteiger partial charge in [0.15, 0.2) is 0 Å². The zero-order valence-corrected chi connectivity index (χ0v) is 21.8. The molecular weight excluding hydrogens is 514 g/mol. The van der Waals surface area contributed by atoms with Crippen LogP contribution in [0.2, 0.25) is 0 Å². The van der Waals surface area contributed by atoms with E-state index in [-0.39, 0.29) is 18.8 Å². The minimum atomic E-state index is -0.647. The van der Waals surface area contributed by atoms with Crippen LogP contribution < -0.4 is 15.4 Å². The summed E-state index contributed by atoms with van der Waals surface area (Å²) in [5, 5.41) is 5.58. The summed E-state index contributed by atoms with van der Waals surface area (Å²) in [7, 11) is 0. The van der Waals surface area contributed by atoms with Gasteiger partial charge in [0, 0.05) is 22.4 Å². The molecule has 0 saturated carbocycles. The van der Waals surface area contributed by atoms with E-state index in [1.165, 1.54) is 6.20 Å². The molecule has 0 atom stereocenters. The highest BCUT2D eigenvalue weighted by Crippen LogP contribution is 2.28. The van der Waals surface area contributed by atoms with E-state index in [0.29, 0.717) is 18.2 Å². The molecular formula is C26H30BrN3O5. The molecule has 0 bridgehead atoms. The Morgan fingerprint density at radius 2 is 1.86 bits per heavy atom. The van der Waals surface area contributed by atoms with Gasteiger partial charge in [0.2, 0.25) is 0 Å². The molecule has 3 rings (SSSR count). The van der Waals surface area contributed by atoms with Gasteiger partial charge in [-0.3, -0.25) is 5.32 Å².